The van der Waals surface area contributed by atoms with Crippen LogP contribution in [0.3, 0.4) is 0 Å². The maximum absolute atomic E-state index is 14.1. The molecule has 41 heavy (non-hydrogen) atoms. The van der Waals surface area contributed by atoms with Gasteiger partial charge >= 0.3 is 0 Å². The molecule has 0 bridgehead atoms. The molecule has 3 aromatic carbocycles. The van der Waals surface area contributed by atoms with E-state index >= 15 is 0 Å². The number of rotatable bonds is 10. The van der Waals surface area contributed by atoms with Crippen molar-refractivity contribution in [1.29, 1.82) is 0 Å². The predicted octanol–water partition coefficient (Wildman–Crippen LogP) is 6.30. The van der Waals surface area contributed by atoms with Gasteiger partial charge in [-0.1, -0.05) is 73.5 Å². The smallest absolute Gasteiger partial charge is 0.264 e. The Bertz CT molecular complexity index is 1460. The molecule has 3 rings (SSSR count). The Balaban J connectivity index is 2.06. The van der Waals surface area contributed by atoms with Crippen LogP contribution < -0.4 is 9.62 Å². The summed E-state index contributed by atoms with van der Waals surface area (Å²) in [6.45, 7) is 12.7. The first kappa shape index (κ1) is 32.2. The topological polar surface area (TPSA) is 86.8 Å². The second-order valence-electron chi connectivity index (χ2n) is 11.6. The van der Waals surface area contributed by atoms with Crippen molar-refractivity contribution in [3.63, 3.8) is 0 Å². The number of benzene rings is 3. The molecule has 0 radical (unpaired) electrons. The van der Waals surface area contributed by atoms with E-state index in [-0.39, 0.29) is 23.3 Å². The second-order valence-corrected chi connectivity index (χ2v) is 13.9. The summed E-state index contributed by atoms with van der Waals surface area (Å²) in [4.78, 5) is 28.7. The van der Waals surface area contributed by atoms with Crippen molar-refractivity contribution in [3.8, 4) is 0 Å². The van der Waals surface area contributed by atoms with Gasteiger partial charge in [0.1, 0.15) is 12.6 Å². The Hall–Kier alpha value is -3.36. The molecule has 0 aliphatic carbocycles. The minimum atomic E-state index is -4.13. The number of carbonyl (C=O) groups excluding carboxylic acids is 2. The first-order valence-electron chi connectivity index (χ1n) is 13.6. The molecule has 7 nitrogen and oxygen atoms in total. The molecule has 0 aliphatic heterocycles. The van der Waals surface area contributed by atoms with Gasteiger partial charge in [0.05, 0.1) is 10.6 Å². The average molecular weight is 598 g/mol. The van der Waals surface area contributed by atoms with Crippen molar-refractivity contribution in [3.05, 3.63) is 94.5 Å². The quantitative estimate of drug-likeness (QED) is 0.297. The highest BCUT2D eigenvalue weighted by molar-refractivity contribution is 7.92. The molecular weight excluding hydrogens is 558 g/mol. The molecule has 0 fully saturated rings. The fourth-order valence-corrected chi connectivity index (χ4v) is 5.87. The van der Waals surface area contributed by atoms with E-state index in [4.69, 9.17) is 11.6 Å². The van der Waals surface area contributed by atoms with Gasteiger partial charge in [-0.2, -0.15) is 0 Å². The predicted molar refractivity (Wildman–Crippen MR) is 166 cm³/mol. The lowest BCUT2D eigenvalue weighted by Gasteiger charge is -2.33. The highest BCUT2D eigenvalue weighted by Gasteiger charge is 2.33. The summed E-state index contributed by atoms with van der Waals surface area (Å²) in [6.07, 6.45) is 0. The summed E-state index contributed by atoms with van der Waals surface area (Å²) in [5, 5.41) is 3.37. The van der Waals surface area contributed by atoms with Crippen LogP contribution in [0.2, 0.25) is 5.02 Å². The zero-order valence-electron chi connectivity index (χ0n) is 24.8. The van der Waals surface area contributed by atoms with Crippen LogP contribution in [-0.4, -0.2) is 43.3 Å². The van der Waals surface area contributed by atoms with E-state index in [0.717, 1.165) is 15.4 Å². The first-order valence-corrected chi connectivity index (χ1v) is 15.5. The van der Waals surface area contributed by atoms with Gasteiger partial charge in [-0.3, -0.25) is 13.9 Å². The van der Waals surface area contributed by atoms with E-state index in [1.165, 1.54) is 17.0 Å². The molecule has 220 valence electrons. The van der Waals surface area contributed by atoms with Crippen LogP contribution in [0.4, 0.5) is 5.69 Å². The van der Waals surface area contributed by atoms with Crippen LogP contribution in [0, 0.1) is 6.92 Å². The van der Waals surface area contributed by atoms with Crippen LogP contribution in [0.1, 0.15) is 64.2 Å². The average Bonchev–Trinajstić information content (AvgIpc) is 2.90. The number of carbonyl (C=O) groups is 2. The third kappa shape index (κ3) is 8.33. The molecule has 3 aromatic rings. The standard InChI is InChI=1S/C32H40ClN3O4S/c1-22(2)25-14-16-27(17-15-25)36(41(39,40)28-18-12-23(3)13-19-28)21-30(37)35(20-26-10-8-9-11-29(26)33)24(4)31(38)34-32(5,6)7/h8-19,22,24H,20-21H2,1-7H3,(H,34,38). The number of anilines is 1. The summed E-state index contributed by atoms with van der Waals surface area (Å²) in [6, 6.07) is 19.8. The fraction of sp³-hybridized carbons (Fsp3) is 0.375. The Kier molecular flexibility index (Phi) is 10.3. The minimum Gasteiger partial charge on any atom is -0.350 e. The van der Waals surface area contributed by atoms with Gasteiger partial charge in [-0.15, -0.1) is 0 Å². The Labute approximate surface area is 249 Å². The van der Waals surface area contributed by atoms with E-state index in [1.807, 2.05) is 39.8 Å². The Morgan fingerprint density at radius 3 is 2.02 bits per heavy atom. The number of hydrogen-bond acceptors (Lipinski definition) is 4. The number of hydrogen-bond donors (Lipinski definition) is 1. The summed E-state index contributed by atoms with van der Waals surface area (Å²) >= 11 is 6.43. The molecule has 2 amide bonds. The number of nitrogens with zero attached hydrogens (tertiary/aromatic N) is 2. The molecule has 0 saturated carbocycles. The number of halogens is 1. The number of amides is 2. The van der Waals surface area contributed by atoms with Gasteiger partial charge in [0.25, 0.3) is 10.0 Å². The summed E-state index contributed by atoms with van der Waals surface area (Å²) in [5.41, 5.74) is 2.43. The van der Waals surface area contributed by atoms with Gasteiger partial charge in [0, 0.05) is 17.1 Å². The molecule has 1 unspecified atom stereocenters. The lowest BCUT2D eigenvalue weighted by Crippen LogP contribution is -2.54. The van der Waals surface area contributed by atoms with E-state index in [0.29, 0.717) is 16.3 Å². The van der Waals surface area contributed by atoms with E-state index in [2.05, 4.69) is 19.2 Å². The molecule has 1 atom stereocenters. The van der Waals surface area contributed by atoms with Crippen molar-refractivity contribution >= 4 is 39.1 Å². The zero-order valence-corrected chi connectivity index (χ0v) is 26.4. The van der Waals surface area contributed by atoms with Gasteiger partial charge in [-0.25, -0.2) is 8.42 Å². The minimum absolute atomic E-state index is 0.0297. The molecule has 0 aromatic heterocycles. The lowest BCUT2D eigenvalue weighted by atomic mass is 10.0. The van der Waals surface area contributed by atoms with E-state index < -0.39 is 34.1 Å². The molecule has 0 saturated heterocycles. The Morgan fingerprint density at radius 1 is 0.902 bits per heavy atom. The fourth-order valence-electron chi connectivity index (χ4n) is 4.26. The maximum Gasteiger partial charge on any atom is 0.264 e. The van der Waals surface area contributed by atoms with Crippen LogP contribution >= 0.6 is 11.6 Å². The van der Waals surface area contributed by atoms with Gasteiger partial charge in [-0.05, 0) is 82.0 Å². The molecule has 9 heteroatoms. The second kappa shape index (κ2) is 13.1. The highest BCUT2D eigenvalue weighted by atomic mass is 35.5. The van der Waals surface area contributed by atoms with Crippen molar-refractivity contribution in [1.82, 2.24) is 10.2 Å². The number of aryl methyl sites for hydroxylation is 1. The van der Waals surface area contributed by atoms with Crippen molar-refractivity contribution < 1.29 is 18.0 Å². The molecule has 0 aliphatic rings. The summed E-state index contributed by atoms with van der Waals surface area (Å²) < 4.78 is 29.1. The van der Waals surface area contributed by atoms with Crippen LogP contribution in [0.15, 0.2) is 77.7 Å². The lowest BCUT2D eigenvalue weighted by molar-refractivity contribution is -0.140. The Morgan fingerprint density at radius 2 is 1.49 bits per heavy atom. The maximum atomic E-state index is 14.1. The van der Waals surface area contributed by atoms with Gasteiger partial charge in [0.2, 0.25) is 11.8 Å². The van der Waals surface area contributed by atoms with Gasteiger partial charge < -0.3 is 10.2 Å². The van der Waals surface area contributed by atoms with Crippen LogP contribution in [0.25, 0.3) is 0 Å². The first-order chi connectivity index (χ1) is 19.1. The monoisotopic (exact) mass is 597 g/mol. The van der Waals surface area contributed by atoms with Crippen molar-refractivity contribution in [2.24, 2.45) is 0 Å². The zero-order chi connectivity index (χ0) is 30.5. The third-order valence-electron chi connectivity index (χ3n) is 6.70. The number of nitrogens with one attached hydrogen (secondary N) is 1. The van der Waals surface area contributed by atoms with E-state index in [9.17, 15) is 18.0 Å². The summed E-state index contributed by atoms with van der Waals surface area (Å²) in [7, 11) is -4.13. The van der Waals surface area contributed by atoms with Gasteiger partial charge in [0.15, 0.2) is 0 Å². The van der Waals surface area contributed by atoms with Crippen LogP contribution in [-0.2, 0) is 26.2 Å². The third-order valence-corrected chi connectivity index (χ3v) is 8.86. The molecule has 1 N–H and O–H groups in total. The van der Waals surface area contributed by atoms with Crippen molar-refractivity contribution in [2.75, 3.05) is 10.8 Å². The summed E-state index contributed by atoms with van der Waals surface area (Å²) in [5.74, 6) is -0.640. The normalized spacial score (nSPS) is 12.6. The number of sulfonamides is 1. The van der Waals surface area contributed by atoms with Crippen molar-refractivity contribution in [2.45, 2.75) is 77.4 Å². The largest absolute Gasteiger partial charge is 0.350 e. The SMILES string of the molecule is Cc1ccc(S(=O)(=O)N(CC(=O)N(Cc2ccccc2Cl)C(C)C(=O)NC(C)(C)C)c2ccc(C(C)C)cc2)cc1. The molecule has 0 heterocycles. The highest BCUT2D eigenvalue weighted by Crippen LogP contribution is 2.27. The van der Waals surface area contributed by atoms with Crippen LogP contribution in [0.5, 0.6) is 0 Å². The van der Waals surface area contributed by atoms with E-state index in [1.54, 1.807) is 55.5 Å². The molecular formula is C32H40ClN3O4S. The molecule has 0 spiro atoms.